The predicted molar refractivity (Wildman–Crippen MR) is 79.3 cm³/mol. The Bertz CT molecular complexity index is 744. The molecule has 7 nitrogen and oxygen atoms in total. The molecule has 1 aliphatic rings. The van der Waals surface area contributed by atoms with Gasteiger partial charge in [0.1, 0.15) is 5.82 Å². The van der Waals surface area contributed by atoms with Gasteiger partial charge in [-0.05, 0) is 18.2 Å². The molecule has 0 aliphatic carbocycles. The monoisotopic (exact) mass is 318 g/mol. The van der Waals surface area contributed by atoms with Crippen molar-refractivity contribution in [1.82, 2.24) is 15.5 Å². The maximum absolute atomic E-state index is 13.1. The third kappa shape index (κ3) is 3.54. The molecule has 0 unspecified atom stereocenters. The molecule has 0 saturated heterocycles. The van der Waals surface area contributed by atoms with Crippen LogP contribution >= 0.6 is 0 Å². The van der Waals surface area contributed by atoms with Crippen LogP contribution in [0, 0.1) is 5.82 Å². The second-order valence-corrected chi connectivity index (χ2v) is 5.07. The number of ether oxygens (including phenoxy) is 1. The molecule has 1 aliphatic heterocycles. The fourth-order valence-corrected chi connectivity index (χ4v) is 2.28. The highest BCUT2D eigenvalue weighted by Crippen LogP contribution is 2.21. The van der Waals surface area contributed by atoms with E-state index in [1.807, 2.05) is 0 Å². The minimum absolute atomic E-state index is 0.156. The number of amides is 2. The summed E-state index contributed by atoms with van der Waals surface area (Å²) in [6, 6.07) is 5.25. The van der Waals surface area contributed by atoms with Crippen molar-refractivity contribution < 1.29 is 18.7 Å². The maximum Gasteiger partial charge on any atom is 0.251 e. The molecule has 8 heteroatoms. The Morgan fingerprint density at radius 2 is 2.26 bits per heavy atom. The molecule has 2 aromatic rings. The van der Waals surface area contributed by atoms with Crippen molar-refractivity contribution >= 4 is 17.6 Å². The number of nitrogens with zero attached hydrogens (tertiary/aromatic N) is 1. The van der Waals surface area contributed by atoms with E-state index in [4.69, 9.17) is 4.74 Å². The van der Waals surface area contributed by atoms with Crippen LogP contribution in [0.5, 0.6) is 0 Å². The van der Waals surface area contributed by atoms with Gasteiger partial charge in [-0.3, -0.25) is 14.7 Å². The number of hydrogen-bond donors (Lipinski definition) is 3. The molecular weight excluding hydrogens is 303 g/mol. The van der Waals surface area contributed by atoms with Crippen LogP contribution in [0.1, 0.15) is 21.6 Å². The van der Waals surface area contributed by atoms with Crippen LogP contribution in [0.2, 0.25) is 0 Å². The molecule has 2 amide bonds. The molecule has 1 aromatic carbocycles. The highest BCUT2D eigenvalue weighted by atomic mass is 19.1. The summed E-state index contributed by atoms with van der Waals surface area (Å²) in [5, 5.41) is 11.9. The molecule has 0 spiro atoms. The Morgan fingerprint density at radius 3 is 3.09 bits per heavy atom. The van der Waals surface area contributed by atoms with Gasteiger partial charge >= 0.3 is 0 Å². The number of anilines is 1. The zero-order valence-electron chi connectivity index (χ0n) is 12.2. The standard InChI is InChI=1S/C15H15FN4O3/c16-10-3-1-2-9(6-10)15(22)17-7-13(21)18-14-11-8-23-5-4-12(11)19-20-14/h1-3,6H,4-5,7-8H2,(H,17,22)(H2,18,19,20,21). The Hall–Kier alpha value is -2.74. The zero-order chi connectivity index (χ0) is 16.2. The van der Waals surface area contributed by atoms with Gasteiger partial charge in [0.2, 0.25) is 5.91 Å². The first-order chi connectivity index (χ1) is 11.1. The third-order valence-electron chi connectivity index (χ3n) is 3.45. The van der Waals surface area contributed by atoms with Crippen LogP contribution < -0.4 is 10.6 Å². The van der Waals surface area contributed by atoms with Crippen molar-refractivity contribution in [2.24, 2.45) is 0 Å². The van der Waals surface area contributed by atoms with E-state index in [-0.39, 0.29) is 12.1 Å². The van der Waals surface area contributed by atoms with Gasteiger partial charge in [0, 0.05) is 23.2 Å². The summed E-state index contributed by atoms with van der Waals surface area (Å²) in [4.78, 5) is 23.7. The lowest BCUT2D eigenvalue weighted by Crippen LogP contribution is -2.33. The number of carbonyl (C=O) groups is 2. The summed E-state index contributed by atoms with van der Waals surface area (Å²) in [6.45, 7) is 0.765. The first kappa shape index (κ1) is 15.2. The second-order valence-electron chi connectivity index (χ2n) is 5.07. The average Bonchev–Trinajstić information content (AvgIpc) is 2.96. The average molecular weight is 318 g/mol. The Labute approximate surface area is 131 Å². The molecule has 0 saturated carbocycles. The first-order valence-corrected chi connectivity index (χ1v) is 7.11. The minimum Gasteiger partial charge on any atom is -0.376 e. The van der Waals surface area contributed by atoms with Crippen LogP contribution in [0.15, 0.2) is 24.3 Å². The number of carbonyl (C=O) groups excluding carboxylic acids is 2. The van der Waals surface area contributed by atoms with Gasteiger partial charge in [0.15, 0.2) is 5.82 Å². The number of rotatable bonds is 4. The molecular formula is C15H15FN4O3. The highest BCUT2D eigenvalue weighted by molar-refractivity contribution is 5.99. The summed E-state index contributed by atoms with van der Waals surface area (Å²) >= 11 is 0. The number of hydrogen-bond acceptors (Lipinski definition) is 4. The quantitative estimate of drug-likeness (QED) is 0.783. The van der Waals surface area contributed by atoms with Crippen molar-refractivity contribution in [2.75, 3.05) is 18.5 Å². The fraction of sp³-hybridized carbons (Fsp3) is 0.267. The molecule has 0 fully saturated rings. The lowest BCUT2D eigenvalue weighted by atomic mass is 10.1. The van der Waals surface area contributed by atoms with E-state index in [1.54, 1.807) is 0 Å². The van der Waals surface area contributed by atoms with Crippen LogP contribution in [0.3, 0.4) is 0 Å². The highest BCUT2D eigenvalue weighted by Gasteiger charge is 2.19. The molecule has 0 atom stereocenters. The number of H-pyrrole nitrogens is 1. The van der Waals surface area contributed by atoms with E-state index in [0.717, 1.165) is 17.3 Å². The van der Waals surface area contributed by atoms with E-state index in [2.05, 4.69) is 20.8 Å². The number of halogens is 1. The summed E-state index contributed by atoms with van der Waals surface area (Å²) in [5.74, 6) is -1.04. The lowest BCUT2D eigenvalue weighted by Gasteiger charge is -2.12. The van der Waals surface area contributed by atoms with Crippen molar-refractivity contribution in [1.29, 1.82) is 0 Å². The van der Waals surface area contributed by atoms with Gasteiger partial charge < -0.3 is 15.4 Å². The molecule has 120 valence electrons. The van der Waals surface area contributed by atoms with Gasteiger partial charge in [0.25, 0.3) is 5.91 Å². The van der Waals surface area contributed by atoms with Gasteiger partial charge in [-0.15, -0.1) is 0 Å². The smallest absolute Gasteiger partial charge is 0.251 e. The van der Waals surface area contributed by atoms with E-state index in [1.165, 1.54) is 18.2 Å². The van der Waals surface area contributed by atoms with Gasteiger partial charge in [-0.1, -0.05) is 6.07 Å². The van der Waals surface area contributed by atoms with E-state index in [9.17, 15) is 14.0 Å². The molecule has 0 radical (unpaired) electrons. The largest absolute Gasteiger partial charge is 0.376 e. The Morgan fingerprint density at radius 1 is 1.39 bits per heavy atom. The number of nitrogens with one attached hydrogen (secondary N) is 3. The zero-order valence-corrected chi connectivity index (χ0v) is 12.2. The maximum atomic E-state index is 13.1. The van der Waals surface area contributed by atoms with Crippen molar-refractivity contribution in [3.05, 3.63) is 46.9 Å². The topological polar surface area (TPSA) is 96.1 Å². The molecule has 23 heavy (non-hydrogen) atoms. The van der Waals surface area contributed by atoms with E-state index >= 15 is 0 Å². The van der Waals surface area contributed by atoms with E-state index < -0.39 is 17.6 Å². The van der Waals surface area contributed by atoms with Gasteiger partial charge in [-0.2, -0.15) is 5.10 Å². The molecule has 1 aromatic heterocycles. The predicted octanol–water partition coefficient (Wildman–Crippen LogP) is 0.990. The first-order valence-electron chi connectivity index (χ1n) is 7.11. The number of aromatic amines is 1. The van der Waals surface area contributed by atoms with Crippen molar-refractivity contribution in [3.63, 3.8) is 0 Å². The molecule has 2 heterocycles. The van der Waals surface area contributed by atoms with E-state index in [0.29, 0.717) is 25.5 Å². The molecule has 0 bridgehead atoms. The minimum atomic E-state index is -0.521. The summed E-state index contributed by atoms with van der Waals surface area (Å²) in [6.07, 6.45) is 0.717. The van der Waals surface area contributed by atoms with Crippen LogP contribution in [-0.4, -0.2) is 35.2 Å². The fourth-order valence-electron chi connectivity index (χ4n) is 2.28. The normalized spacial score (nSPS) is 13.3. The number of fused-ring (bicyclic) bond motifs is 1. The summed E-state index contributed by atoms with van der Waals surface area (Å²) in [7, 11) is 0. The van der Waals surface area contributed by atoms with Crippen LogP contribution in [0.25, 0.3) is 0 Å². The SMILES string of the molecule is O=C(CNC(=O)c1cccc(F)c1)Nc1n[nH]c2c1COCC2. The van der Waals surface area contributed by atoms with Crippen LogP contribution in [0.4, 0.5) is 10.2 Å². The third-order valence-corrected chi connectivity index (χ3v) is 3.45. The lowest BCUT2D eigenvalue weighted by molar-refractivity contribution is -0.115. The molecule has 3 rings (SSSR count). The van der Waals surface area contributed by atoms with Gasteiger partial charge in [-0.25, -0.2) is 4.39 Å². The number of benzene rings is 1. The second kappa shape index (κ2) is 6.57. The van der Waals surface area contributed by atoms with Gasteiger partial charge in [0.05, 0.1) is 19.8 Å². The van der Waals surface area contributed by atoms with Crippen molar-refractivity contribution in [3.8, 4) is 0 Å². The Kier molecular flexibility index (Phi) is 4.33. The summed E-state index contributed by atoms with van der Waals surface area (Å²) < 4.78 is 18.4. The summed E-state index contributed by atoms with van der Waals surface area (Å²) in [5.41, 5.74) is 1.92. The van der Waals surface area contributed by atoms with Crippen molar-refractivity contribution in [2.45, 2.75) is 13.0 Å². The number of aromatic nitrogens is 2. The van der Waals surface area contributed by atoms with Crippen LogP contribution in [-0.2, 0) is 22.6 Å². The Balaban J connectivity index is 1.56. The molecule has 3 N–H and O–H groups in total.